The SMILES string of the molecule is CCCCCCCCCC[Si](CCCCCCCCCC)CCCCCCCC[Si](Cl)(CCCCCCCCCC)C(C)(C)CCCCCCCCC. The van der Waals surface area contributed by atoms with Gasteiger partial charge in [-0.2, -0.15) is 11.1 Å². The molecule has 3 heteroatoms. The smallest absolute Gasteiger partial charge is 0.162 e. The molecule has 53 heavy (non-hydrogen) atoms. The Balaban J connectivity index is 4.64. The number of rotatable bonds is 45. The summed E-state index contributed by atoms with van der Waals surface area (Å²) < 4.78 is 0. The van der Waals surface area contributed by atoms with Gasteiger partial charge in [-0.05, 0) is 23.5 Å². The maximum absolute atomic E-state index is 7.91. The molecule has 0 aliphatic heterocycles. The van der Waals surface area contributed by atoms with Gasteiger partial charge in [0.15, 0.2) is 7.38 Å². The second kappa shape index (κ2) is 40.9. The fourth-order valence-corrected chi connectivity index (χ4v) is 16.9. The highest BCUT2D eigenvalue weighted by Gasteiger charge is 2.44. The summed E-state index contributed by atoms with van der Waals surface area (Å²) in [5.74, 6) is 0. The zero-order chi connectivity index (χ0) is 39.0. The standard InChI is InChI=1S/C50H104ClSi2/c1-7-11-15-19-23-27-33-39-45-52(46-40-34-28-24-20-16-12-8-2)47-41-35-29-31-37-43-49-53(51,48-42-36-30-25-21-17-13-9-3)50(5,6)44-38-32-26-22-18-14-10-4/h7-49H2,1-6H3. The van der Waals surface area contributed by atoms with Crippen molar-refractivity contribution < 1.29 is 0 Å². The Kier molecular flexibility index (Phi) is 41.5. The summed E-state index contributed by atoms with van der Waals surface area (Å²) in [6.07, 6.45) is 55.0. The van der Waals surface area contributed by atoms with Crippen LogP contribution in [0.4, 0.5) is 0 Å². The van der Waals surface area contributed by atoms with Crippen molar-refractivity contribution in [1.82, 2.24) is 0 Å². The van der Waals surface area contributed by atoms with Crippen molar-refractivity contribution in [3.8, 4) is 0 Å². The molecule has 0 saturated heterocycles. The van der Waals surface area contributed by atoms with E-state index in [-0.39, 0.29) is 8.80 Å². The normalized spacial score (nSPS) is 13.4. The Morgan fingerprint density at radius 1 is 0.321 bits per heavy atom. The molecule has 0 aromatic carbocycles. The summed E-state index contributed by atoms with van der Waals surface area (Å²) >= 11 is 7.91. The third kappa shape index (κ3) is 34.5. The van der Waals surface area contributed by atoms with E-state index in [1.54, 1.807) is 18.1 Å². The van der Waals surface area contributed by atoms with Crippen LogP contribution in [-0.2, 0) is 0 Å². The van der Waals surface area contributed by atoms with Crippen LogP contribution in [0.1, 0.15) is 286 Å². The highest BCUT2D eigenvalue weighted by molar-refractivity contribution is 7.21. The zero-order valence-electron chi connectivity index (χ0n) is 38.3. The Hall–Kier alpha value is 0.724. The summed E-state index contributed by atoms with van der Waals surface area (Å²) in [7, 11) is -1.93. The maximum atomic E-state index is 7.91. The molecule has 0 amide bonds. The highest BCUT2D eigenvalue weighted by Crippen LogP contribution is 2.50. The third-order valence-corrected chi connectivity index (χ3v) is 24.0. The molecule has 1 unspecified atom stereocenters. The van der Waals surface area contributed by atoms with E-state index in [0.29, 0.717) is 5.04 Å². The van der Waals surface area contributed by atoms with Gasteiger partial charge in [0.1, 0.15) is 0 Å². The van der Waals surface area contributed by atoms with Crippen LogP contribution in [0.2, 0.25) is 35.3 Å². The van der Waals surface area contributed by atoms with Crippen LogP contribution < -0.4 is 0 Å². The van der Waals surface area contributed by atoms with Gasteiger partial charge in [-0.25, -0.2) is 0 Å². The lowest BCUT2D eigenvalue weighted by molar-refractivity contribution is 0.506. The average molecular weight is 797 g/mol. The first-order valence-corrected chi connectivity index (χ1v) is 30.9. The van der Waals surface area contributed by atoms with Crippen molar-refractivity contribution in [1.29, 1.82) is 0 Å². The van der Waals surface area contributed by atoms with Gasteiger partial charge in [0, 0.05) is 8.80 Å². The Morgan fingerprint density at radius 2 is 0.547 bits per heavy atom. The van der Waals surface area contributed by atoms with E-state index in [0.717, 1.165) is 0 Å². The molecular formula is C50H104ClSi2. The molecule has 0 aliphatic rings. The first-order valence-electron chi connectivity index (χ1n) is 25.4. The zero-order valence-corrected chi connectivity index (χ0v) is 41.0. The third-order valence-electron chi connectivity index (χ3n) is 13.2. The maximum Gasteiger partial charge on any atom is 0.162 e. The van der Waals surface area contributed by atoms with Crippen molar-refractivity contribution in [3.05, 3.63) is 0 Å². The summed E-state index contributed by atoms with van der Waals surface area (Å²) in [4.78, 5) is 0. The predicted octanol–water partition coefficient (Wildman–Crippen LogP) is 20.3. The molecular weight excluding hydrogens is 692 g/mol. The van der Waals surface area contributed by atoms with Crippen LogP contribution in [0.3, 0.4) is 0 Å². The molecule has 0 aromatic rings. The van der Waals surface area contributed by atoms with Crippen molar-refractivity contribution in [3.63, 3.8) is 0 Å². The van der Waals surface area contributed by atoms with E-state index in [1.165, 1.54) is 256 Å². The minimum Gasteiger partial charge on any atom is -0.166 e. The van der Waals surface area contributed by atoms with E-state index in [9.17, 15) is 0 Å². The topological polar surface area (TPSA) is 0 Å². The molecule has 0 saturated carbocycles. The van der Waals surface area contributed by atoms with Crippen molar-refractivity contribution >= 4 is 27.3 Å². The van der Waals surface area contributed by atoms with Gasteiger partial charge >= 0.3 is 0 Å². The number of hydrogen-bond acceptors (Lipinski definition) is 0. The van der Waals surface area contributed by atoms with E-state index in [1.807, 2.05) is 0 Å². The molecule has 0 rings (SSSR count). The number of hydrogen-bond donors (Lipinski definition) is 0. The summed E-state index contributed by atoms with van der Waals surface area (Å²) in [6, 6.07) is 7.59. The van der Waals surface area contributed by atoms with Gasteiger partial charge in [-0.1, -0.05) is 297 Å². The molecule has 0 spiro atoms. The van der Waals surface area contributed by atoms with Crippen LogP contribution in [0, 0.1) is 0 Å². The quantitative estimate of drug-likeness (QED) is 0.0327. The van der Waals surface area contributed by atoms with Crippen LogP contribution in [-0.4, -0.2) is 16.2 Å². The minimum atomic E-state index is -1.81. The fraction of sp³-hybridized carbons (Fsp3) is 1.00. The highest BCUT2D eigenvalue weighted by atomic mass is 35.6. The van der Waals surface area contributed by atoms with Crippen LogP contribution in [0.15, 0.2) is 0 Å². The van der Waals surface area contributed by atoms with Gasteiger partial charge in [-0.3, -0.25) is 0 Å². The molecule has 319 valence electrons. The van der Waals surface area contributed by atoms with Gasteiger partial charge in [0.2, 0.25) is 0 Å². The van der Waals surface area contributed by atoms with Crippen molar-refractivity contribution in [2.75, 3.05) is 0 Å². The average Bonchev–Trinajstić information content (AvgIpc) is 3.15. The number of unbranched alkanes of at least 4 members (excludes halogenated alkanes) is 32. The summed E-state index contributed by atoms with van der Waals surface area (Å²) in [5.41, 5.74) is 0. The molecule has 0 fully saturated rings. The monoisotopic (exact) mass is 796 g/mol. The molecule has 0 aliphatic carbocycles. The lowest BCUT2D eigenvalue weighted by Gasteiger charge is -2.41. The molecule has 1 radical (unpaired) electrons. The molecule has 0 N–H and O–H groups in total. The predicted molar refractivity (Wildman–Crippen MR) is 254 cm³/mol. The summed E-state index contributed by atoms with van der Waals surface area (Å²) in [6.45, 7) is 14.5. The van der Waals surface area contributed by atoms with Crippen LogP contribution in [0.25, 0.3) is 0 Å². The lowest BCUT2D eigenvalue weighted by atomic mass is 10.0. The Morgan fingerprint density at radius 3 is 0.830 bits per heavy atom. The first kappa shape index (κ1) is 53.7. The van der Waals surface area contributed by atoms with Crippen LogP contribution in [0.5, 0.6) is 0 Å². The van der Waals surface area contributed by atoms with Crippen LogP contribution >= 0.6 is 11.1 Å². The lowest BCUT2D eigenvalue weighted by Crippen LogP contribution is -2.39. The van der Waals surface area contributed by atoms with E-state index in [4.69, 9.17) is 11.1 Å². The van der Waals surface area contributed by atoms with E-state index in [2.05, 4.69) is 41.5 Å². The second-order valence-corrected chi connectivity index (χ2v) is 28.2. The van der Waals surface area contributed by atoms with Gasteiger partial charge in [0.25, 0.3) is 0 Å². The minimum absolute atomic E-state index is 0.126. The summed E-state index contributed by atoms with van der Waals surface area (Å²) in [5, 5.41) is 0.377. The Bertz CT molecular complexity index is 675. The molecule has 0 heterocycles. The van der Waals surface area contributed by atoms with E-state index < -0.39 is 7.38 Å². The van der Waals surface area contributed by atoms with E-state index >= 15 is 0 Å². The molecule has 1 atom stereocenters. The molecule has 0 nitrogen and oxygen atoms in total. The largest absolute Gasteiger partial charge is 0.166 e. The van der Waals surface area contributed by atoms with Crippen molar-refractivity contribution in [2.24, 2.45) is 0 Å². The van der Waals surface area contributed by atoms with Gasteiger partial charge in [0.05, 0.1) is 0 Å². The molecule has 0 bridgehead atoms. The van der Waals surface area contributed by atoms with Gasteiger partial charge < -0.3 is 0 Å². The second-order valence-electron chi connectivity index (χ2n) is 18.8. The Labute approximate surface area is 346 Å². The van der Waals surface area contributed by atoms with Gasteiger partial charge in [-0.15, -0.1) is 0 Å². The van der Waals surface area contributed by atoms with Crippen molar-refractivity contribution in [2.45, 2.75) is 321 Å². The fourth-order valence-electron chi connectivity index (χ4n) is 8.97. The first-order chi connectivity index (χ1) is 25.9. The molecule has 0 aromatic heterocycles. The number of halogens is 1.